The Morgan fingerprint density at radius 1 is 1.27 bits per heavy atom. The highest BCUT2D eigenvalue weighted by Crippen LogP contribution is 2.41. The van der Waals surface area contributed by atoms with Crippen molar-refractivity contribution in [3.8, 4) is 5.82 Å². The minimum Gasteiger partial charge on any atom is -0.367 e. The molecule has 0 saturated heterocycles. The molecule has 156 valence electrons. The highest BCUT2D eigenvalue weighted by Gasteiger charge is 2.35. The van der Waals surface area contributed by atoms with Crippen LogP contribution in [0.2, 0.25) is 5.02 Å². The molecule has 0 aromatic carbocycles. The van der Waals surface area contributed by atoms with Crippen LogP contribution in [-0.4, -0.2) is 50.6 Å². The van der Waals surface area contributed by atoms with Gasteiger partial charge < -0.3 is 10.2 Å². The van der Waals surface area contributed by atoms with Crippen molar-refractivity contribution in [1.82, 2.24) is 25.0 Å². The lowest BCUT2D eigenvalue weighted by Gasteiger charge is -2.43. The number of likely N-dealkylation sites (N-methyl/N-ethyl adjacent to an activating group) is 1. The van der Waals surface area contributed by atoms with Gasteiger partial charge in [0, 0.05) is 25.8 Å². The molecule has 1 aliphatic heterocycles. The molecule has 0 fully saturated rings. The maximum absolute atomic E-state index is 13.2. The Morgan fingerprint density at radius 2 is 2.00 bits per heavy atom. The largest absolute Gasteiger partial charge is 0.367 e. The van der Waals surface area contributed by atoms with Crippen LogP contribution in [0.5, 0.6) is 0 Å². The lowest BCUT2D eigenvalue weighted by atomic mass is 9.98. The van der Waals surface area contributed by atoms with Crippen molar-refractivity contribution in [3.63, 3.8) is 0 Å². The van der Waals surface area contributed by atoms with Crippen molar-refractivity contribution in [2.24, 2.45) is 5.92 Å². The molecule has 0 bridgehead atoms. The number of hydrogen-bond donors (Lipinski definition) is 1. The second kappa shape index (κ2) is 8.19. The predicted octanol–water partition coefficient (Wildman–Crippen LogP) is 3.99. The molecule has 1 unspecified atom stereocenters. The van der Waals surface area contributed by atoms with E-state index in [0.717, 1.165) is 15.8 Å². The summed E-state index contributed by atoms with van der Waals surface area (Å²) in [6.45, 7) is 4.81. The third-order valence-electron chi connectivity index (χ3n) is 5.06. The van der Waals surface area contributed by atoms with E-state index in [1.165, 1.54) is 23.4 Å². The number of nitrogens with one attached hydrogen (secondary N) is 1. The summed E-state index contributed by atoms with van der Waals surface area (Å²) < 4.78 is 0.839. The van der Waals surface area contributed by atoms with Crippen molar-refractivity contribution in [1.29, 1.82) is 0 Å². The van der Waals surface area contributed by atoms with Crippen LogP contribution in [0.25, 0.3) is 5.82 Å². The van der Waals surface area contributed by atoms with Crippen LogP contribution in [0, 0.1) is 5.92 Å². The maximum Gasteiger partial charge on any atom is 0.326 e. The van der Waals surface area contributed by atoms with E-state index in [9.17, 15) is 4.79 Å². The average molecular weight is 492 g/mol. The van der Waals surface area contributed by atoms with Gasteiger partial charge >= 0.3 is 6.03 Å². The quantitative estimate of drug-likeness (QED) is 0.596. The summed E-state index contributed by atoms with van der Waals surface area (Å²) in [6, 6.07) is 1.50. The summed E-state index contributed by atoms with van der Waals surface area (Å²) >= 11 is 9.90. The highest BCUT2D eigenvalue weighted by atomic mass is 79.9. The molecule has 0 saturated carbocycles. The van der Waals surface area contributed by atoms with E-state index in [2.05, 4.69) is 60.2 Å². The van der Waals surface area contributed by atoms with Gasteiger partial charge in [0.2, 0.25) is 0 Å². The highest BCUT2D eigenvalue weighted by molar-refractivity contribution is 9.10. The number of halogens is 2. The molecule has 2 amide bonds. The number of hydrogen-bond acceptors (Lipinski definition) is 6. The summed E-state index contributed by atoms with van der Waals surface area (Å²) in [5, 5.41) is 11.3. The predicted molar refractivity (Wildman–Crippen MR) is 119 cm³/mol. The van der Waals surface area contributed by atoms with E-state index in [-0.39, 0.29) is 12.1 Å². The summed E-state index contributed by atoms with van der Waals surface area (Å²) in [4.78, 5) is 26.9. The fourth-order valence-electron chi connectivity index (χ4n) is 3.55. The monoisotopic (exact) mass is 490 g/mol. The molecule has 3 aromatic rings. The third kappa shape index (κ3) is 3.72. The summed E-state index contributed by atoms with van der Waals surface area (Å²) in [5.41, 5.74) is 2.14. The fraction of sp³-hybridized carbons (Fsp3) is 0.316. The number of fused-ring (bicyclic) bond motifs is 1. The normalized spacial score (nSPS) is 16.0. The molecule has 1 N–H and O–H groups in total. The van der Waals surface area contributed by atoms with Gasteiger partial charge in [0.15, 0.2) is 5.82 Å². The van der Waals surface area contributed by atoms with E-state index in [4.69, 9.17) is 11.6 Å². The average Bonchev–Trinajstić information content (AvgIpc) is 3.22. The molecule has 4 heterocycles. The van der Waals surface area contributed by atoms with Crippen LogP contribution in [0.4, 0.5) is 21.9 Å². The van der Waals surface area contributed by atoms with E-state index in [0.29, 0.717) is 29.0 Å². The SMILES string of the molecule is CC(C)C1CN(C(=O)Nc2cnc(-n3nccn3)c(Cl)c2)c2cncc(Br)c2N1C. The van der Waals surface area contributed by atoms with Crippen LogP contribution in [-0.2, 0) is 0 Å². The van der Waals surface area contributed by atoms with Gasteiger partial charge in [-0.05, 0) is 27.9 Å². The van der Waals surface area contributed by atoms with Gasteiger partial charge in [-0.3, -0.25) is 9.88 Å². The van der Waals surface area contributed by atoms with Gasteiger partial charge in [0.25, 0.3) is 0 Å². The van der Waals surface area contributed by atoms with Crippen molar-refractivity contribution >= 4 is 50.6 Å². The molecule has 0 spiro atoms. The van der Waals surface area contributed by atoms with Gasteiger partial charge in [-0.1, -0.05) is 25.4 Å². The lowest BCUT2D eigenvalue weighted by Crippen LogP contribution is -2.53. The van der Waals surface area contributed by atoms with Crippen LogP contribution >= 0.6 is 27.5 Å². The molecule has 9 nitrogen and oxygen atoms in total. The molecule has 4 rings (SSSR count). The summed E-state index contributed by atoms with van der Waals surface area (Å²) in [6.07, 6.45) is 8.04. The number of carbonyl (C=O) groups excluding carboxylic acids is 1. The summed E-state index contributed by atoms with van der Waals surface area (Å²) in [5.74, 6) is 0.730. The first-order chi connectivity index (χ1) is 14.4. The Kier molecular flexibility index (Phi) is 5.61. The number of carbonyl (C=O) groups is 1. The first-order valence-corrected chi connectivity index (χ1v) is 10.5. The van der Waals surface area contributed by atoms with E-state index in [1.807, 2.05) is 7.05 Å². The molecule has 30 heavy (non-hydrogen) atoms. The number of amides is 2. The number of anilines is 3. The molecule has 0 aliphatic carbocycles. The van der Waals surface area contributed by atoms with Gasteiger partial charge in [-0.2, -0.15) is 10.2 Å². The van der Waals surface area contributed by atoms with E-state index >= 15 is 0 Å². The topological polar surface area (TPSA) is 92.1 Å². The zero-order valence-corrected chi connectivity index (χ0v) is 19.0. The van der Waals surface area contributed by atoms with Crippen molar-refractivity contribution in [2.45, 2.75) is 19.9 Å². The van der Waals surface area contributed by atoms with Crippen molar-refractivity contribution in [2.75, 3.05) is 28.7 Å². The zero-order valence-electron chi connectivity index (χ0n) is 16.6. The Balaban J connectivity index is 1.62. The summed E-state index contributed by atoms with van der Waals surface area (Å²) in [7, 11) is 2.04. The Labute approximate surface area is 187 Å². The molecular formula is C19H20BrClN8O. The van der Waals surface area contributed by atoms with Crippen molar-refractivity contribution in [3.05, 3.63) is 46.5 Å². The second-order valence-corrected chi connectivity index (χ2v) is 8.56. The number of nitrogens with zero attached hydrogens (tertiary/aromatic N) is 7. The van der Waals surface area contributed by atoms with Crippen LogP contribution in [0.15, 0.2) is 41.5 Å². The first kappa shape index (κ1) is 20.5. The molecule has 0 radical (unpaired) electrons. The smallest absolute Gasteiger partial charge is 0.326 e. The van der Waals surface area contributed by atoms with Gasteiger partial charge in [0.1, 0.15) is 0 Å². The molecular weight excluding hydrogens is 472 g/mol. The van der Waals surface area contributed by atoms with Crippen molar-refractivity contribution < 1.29 is 4.79 Å². The molecule has 1 atom stereocenters. The maximum atomic E-state index is 13.2. The third-order valence-corrected chi connectivity index (χ3v) is 5.92. The van der Waals surface area contributed by atoms with Gasteiger partial charge in [-0.25, -0.2) is 9.78 Å². The standard InChI is InChI=1S/C19H20BrClN8O/c1-11(2)16-10-28(15-9-22-8-13(20)17(15)27(16)3)19(30)26-12-6-14(21)18(23-7-12)29-24-4-5-25-29/h4-9,11,16H,10H2,1-3H3,(H,26,30). The second-order valence-electron chi connectivity index (χ2n) is 7.30. The number of urea groups is 1. The van der Waals surface area contributed by atoms with E-state index in [1.54, 1.807) is 23.4 Å². The Morgan fingerprint density at radius 3 is 2.67 bits per heavy atom. The van der Waals surface area contributed by atoms with Crippen LogP contribution in [0.1, 0.15) is 13.8 Å². The van der Waals surface area contributed by atoms with Crippen LogP contribution < -0.4 is 15.1 Å². The zero-order chi connectivity index (χ0) is 21.4. The minimum absolute atomic E-state index is 0.150. The van der Waals surface area contributed by atoms with E-state index < -0.39 is 0 Å². The van der Waals surface area contributed by atoms with Gasteiger partial charge in [0.05, 0.1) is 51.3 Å². The number of rotatable bonds is 3. The Hall–Kier alpha value is -2.72. The number of aromatic nitrogens is 5. The molecule has 1 aliphatic rings. The fourth-order valence-corrected chi connectivity index (χ4v) is 4.39. The Bertz CT molecular complexity index is 1070. The van der Waals surface area contributed by atoms with Crippen LogP contribution in [0.3, 0.4) is 0 Å². The molecule has 3 aromatic heterocycles. The minimum atomic E-state index is -0.280. The number of pyridine rings is 2. The first-order valence-electron chi connectivity index (χ1n) is 9.34. The van der Waals surface area contributed by atoms with Gasteiger partial charge in [-0.15, -0.1) is 4.80 Å². The lowest BCUT2D eigenvalue weighted by molar-refractivity contribution is 0.255. The molecule has 11 heteroatoms.